The number of aliphatic hydroxyl groups excluding tert-OH is 1. The summed E-state index contributed by atoms with van der Waals surface area (Å²) < 4.78 is 26.6. The lowest BCUT2D eigenvalue weighted by molar-refractivity contribution is -0.213. The van der Waals surface area contributed by atoms with Gasteiger partial charge in [-0.1, -0.05) is 121 Å². The average Bonchev–Trinajstić information content (AvgIpc) is 3.76. The quantitative estimate of drug-likeness (QED) is 0.161. The Kier molecular flexibility index (Phi) is 9.47. The van der Waals surface area contributed by atoms with Crippen molar-refractivity contribution >= 4 is 5.71 Å². The monoisotopic (exact) mass is 614 g/mol. The van der Waals surface area contributed by atoms with E-state index in [2.05, 4.69) is 41.3 Å². The smallest absolute Gasteiger partial charge is 0.149 e. The second-order valence-electron chi connectivity index (χ2n) is 11.7. The fraction of sp³-hybridized carbons (Fsp3) is 0.256. The zero-order chi connectivity index (χ0) is 31.1. The molecule has 234 valence electrons. The lowest BCUT2D eigenvalue weighted by atomic mass is 9.87. The van der Waals surface area contributed by atoms with E-state index in [0.717, 1.165) is 28.0 Å². The third-order valence-electron chi connectivity index (χ3n) is 8.78. The van der Waals surface area contributed by atoms with E-state index in [1.165, 1.54) is 0 Å². The van der Waals surface area contributed by atoms with Crippen LogP contribution in [0.15, 0.2) is 149 Å². The van der Waals surface area contributed by atoms with Crippen molar-refractivity contribution in [1.29, 1.82) is 0 Å². The minimum absolute atomic E-state index is 0.107. The standard InChI is InChI=1S/C39H38N2O5/c42-24-32(31-20-11-4-12-21-31)41-35-34(33-22-13-23-43-33)40-39(41)38(46-27-30-18-9-3-10-19-30)37(45-26-29-16-7-2-8-17-29)36(35)44-25-28-14-5-1-6-15-28/h1-23,32,35-39,42H,24-27H2/t32-,35+,36-,37+,38-,39-/m0/s1. The number of benzene rings is 4. The van der Waals surface area contributed by atoms with Crippen LogP contribution in [0.5, 0.6) is 0 Å². The third kappa shape index (κ3) is 6.47. The Morgan fingerprint density at radius 3 is 1.61 bits per heavy atom. The minimum Gasteiger partial charge on any atom is -0.463 e. The van der Waals surface area contributed by atoms with E-state index in [1.54, 1.807) is 6.26 Å². The second-order valence-corrected chi connectivity index (χ2v) is 11.7. The first kappa shape index (κ1) is 30.3. The molecule has 1 aromatic heterocycles. The van der Waals surface area contributed by atoms with Gasteiger partial charge in [0.1, 0.15) is 30.2 Å². The molecular formula is C39H38N2O5. The van der Waals surface area contributed by atoms with Crippen molar-refractivity contribution in [2.45, 2.75) is 56.4 Å². The molecule has 1 fully saturated rings. The molecule has 0 aliphatic carbocycles. The van der Waals surface area contributed by atoms with Crippen LogP contribution in [-0.2, 0) is 34.0 Å². The Balaban J connectivity index is 1.33. The van der Waals surface area contributed by atoms with Crippen LogP contribution in [0.2, 0.25) is 0 Å². The molecule has 46 heavy (non-hydrogen) atoms. The van der Waals surface area contributed by atoms with Crippen LogP contribution in [-0.4, -0.2) is 52.8 Å². The van der Waals surface area contributed by atoms with Crippen LogP contribution < -0.4 is 0 Å². The number of nitrogens with zero attached hydrogens (tertiary/aromatic N) is 2. The Morgan fingerprint density at radius 1 is 0.609 bits per heavy atom. The SMILES string of the molecule is OC[C@@H](c1ccccc1)N1[C@@H]2N=C(c3ccco3)[C@@H]1[C@H](OCc1ccccc1)[C@@H](OCc1ccccc1)[C@@H]2OCc1ccccc1. The molecule has 7 nitrogen and oxygen atoms in total. The number of rotatable bonds is 13. The number of furan rings is 1. The molecule has 5 aromatic rings. The highest BCUT2D eigenvalue weighted by Crippen LogP contribution is 2.43. The van der Waals surface area contributed by atoms with Gasteiger partial charge in [0.15, 0.2) is 0 Å². The summed E-state index contributed by atoms with van der Waals surface area (Å²) in [4.78, 5) is 7.58. The van der Waals surface area contributed by atoms with Gasteiger partial charge in [-0.3, -0.25) is 9.89 Å². The number of fused-ring (bicyclic) bond motifs is 2. The van der Waals surface area contributed by atoms with Gasteiger partial charge < -0.3 is 23.7 Å². The van der Waals surface area contributed by atoms with Gasteiger partial charge in [0, 0.05) is 0 Å². The first-order valence-corrected chi connectivity index (χ1v) is 15.8. The van der Waals surface area contributed by atoms with Gasteiger partial charge >= 0.3 is 0 Å². The lowest BCUT2D eigenvalue weighted by Gasteiger charge is -2.50. The van der Waals surface area contributed by atoms with E-state index in [9.17, 15) is 5.11 Å². The molecule has 7 heteroatoms. The van der Waals surface area contributed by atoms with Crippen molar-refractivity contribution in [2.75, 3.05) is 6.61 Å². The molecule has 0 spiro atoms. The van der Waals surface area contributed by atoms with Gasteiger partial charge in [-0.2, -0.15) is 0 Å². The van der Waals surface area contributed by atoms with Crippen molar-refractivity contribution in [3.63, 3.8) is 0 Å². The van der Waals surface area contributed by atoms with Gasteiger partial charge in [0.25, 0.3) is 0 Å². The van der Waals surface area contributed by atoms with Gasteiger partial charge in [0.2, 0.25) is 0 Å². The molecule has 1 saturated heterocycles. The summed E-state index contributed by atoms with van der Waals surface area (Å²) in [5.74, 6) is 0.668. The largest absolute Gasteiger partial charge is 0.463 e. The molecule has 4 aromatic carbocycles. The van der Waals surface area contributed by atoms with Crippen molar-refractivity contribution in [2.24, 2.45) is 4.99 Å². The maximum atomic E-state index is 11.0. The van der Waals surface area contributed by atoms with E-state index < -0.39 is 24.5 Å². The zero-order valence-corrected chi connectivity index (χ0v) is 25.5. The summed E-state index contributed by atoms with van der Waals surface area (Å²) in [5.41, 5.74) is 4.92. The van der Waals surface area contributed by atoms with Crippen molar-refractivity contribution in [1.82, 2.24) is 4.90 Å². The van der Waals surface area contributed by atoms with E-state index in [0.29, 0.717) is 25.6 Å². The van der Waals surface area contributed by atoms with Gasteiger partial charge in [-0.05, 0) is 34.4 Å². The lowest BCUT2D eigenvalue weighted by Crippen LogP contribution is -2.66. The molecule has 0 saturated carbocycles. The summed E-state index contributed by atoms with van der Waals surface area (Å²) >= 11 is 0. The summed E-state index contributed by atoms with van der Waals surface area (Å²) in [5, 5.41) is 11.0. The molecule has 1 N–H and O–H groups in total. The van der Waals surface area contributed by atoms with Crippen molar-refractivity contribution in [3.05, 3.63) is 168 Å². The first-order valence-electron chi connectivity index (χ1n) is 15.8. The van der Waals surface area contributed by atoms with E-state index in [1.807, 2.05) is 97.1 Å². The predicted molar refractivity (Wildman–Crippen MR) is 176 cm³/mol. The summed E-state index contributed by atoms with van der Waals surface area (Å²) in [7, 11) is 0. The second kappa shape index (κ2) is 14.4. The molecule has 2 bridgehead atoms. The maximum Gasteiger partial charge on any atom is 0.149 e. The first-order chi connectivity index (χ1) is 22.8. The fourth-order valence-electron chi connectivity index (χ4n) is 6.61. The van der Waals surface area contributed by atoms with Crippen LogP contribution in [0, 0.1) is 0 Å². The Bertz CT molecular complexity index is 1670. The summed E-state index contributed by atoms with van der Waals surface area (Å²) in [6.45, 7) is 1.03. The molecule has 0 unspecified atom stereocenters. The minimum atomic E-state index is -0.522. The third-order valence-corrected chi connectivity index (χ3v) is 8.78. The predicted octanol–water partition coefficient (Wildman–Crippen LogP) is 6.58. The van der Waals surface area contributed by atoms with E-state index in [4.69, 9.17) is 23.6 Å². The molecule has 3 heterocycles. The maximum absolute atomic E-state index is 11.0. The highest BCUT2D eigenvalue weighted by molar-refractivity contribution is 6.04. The molecule has 6 atom stereocenters. The number of hydrogen-bond donors (Lipinski definition) is 1. The highest BCUT2D eigenvalue weighted by Gasteiger charge is 2.59. The van der Waals surface area contributed by atoms with Crippen LogP contribution >= 0.6 is 0 Å². The number of hydrogen-bond acceptors (Lipinski definition) is 7. The highest BCUT2D eigenvalue weighted by atomic mass is 16.6. The van der Waals surface area contributed by atoms with Gasteiger partial charge in [-0.25, -0.2) is 0 Å². The van der Waals surface area contributed by atoms with E-state index >= 15 is 0 Å². The molecule has 2 aliphatic heterocycles. The van der Waals surface area contributed by atoms with Crippen LogP contribution in [0.25, 0.3) is 0 Å². The zero-order valence-electron chi connectivity index (χ0n) is 25.5. The molecule has 2 aliphatic rings. The Hall–Kier alpha value is -4.37. The average molecular weight is 615 g/mol. The topological polar surface area (TPSA) is 76.7 Å². The van der Waals surface area contributed by atoms with Crippen molar-refractivity contribution in [3.8, 4) is 0 Å². The number of aliphatic imine (C=N–C) groups is 1. The van der Waals surface area contributed by atoms with Crippen molar-refractivity contribution < 1.29 is 23.7 Å². The molecule has 0 amide bonds. The fourth-order valence-corrected chi connectivity index (χ4v) is 6.61. The molecule has 0 radical (unpaired) electrons. The van der Waals surface area contributed by atoms with Crippen LogP contribution in [0.1, 0.15) is 34.1 Å². The molecular weight excluding hydrogens is 576 g/mol. The van der Waals surface area contributed by atoms with E-state index in [-0.39, 0.29) is 18.7 Å². The number of aliphatic hydroxyl groups is 1. The summed E-state index contributed by atoms with van der Waals surface area (Å²) in [6.07, 6.45) is -0.317. The summed E-state index contributed by atoms with van der Waals surface area (Å²) in [6, 6.07) is 43.6. The molecule has 7 rings (SSSR count). The van der Waals surface area contributed by atoms with Gasteiger partial charge in [0.05, 0.1) is 50.5 Å². The Morgan fingerprint density at radius 2 is 1.11 bits per heavy atom. The van der Waals surface area contributed by atoms with Crippen LogP contribution in [0.4, 0.5) is 0 Å². The van der Waals surface area contributed by atoms with Gasteiger partial charge in [-0.15, -0.1) is 0 Å². The van der Waals surface area contributed by atoms with Crippen LogP contribution in [0.3, 0.4) is 0 Å². The number of ether oxygens (including phenoxy) is 3. The normalized spacial score (nSPS) is 23.2. The Labute approximate surface area is 269 Å². The number of piperidine rings is 1.